The van der Waals surface area contributed by atoms with Gasteiger partial charge in [0.2, 0.25) is 12.1 Å². The van der Waals surface area contributed by atoms with Gasteiger partial charge in [-0.25, -0.2) is 4.52 Å². The lowest BCUT2D eigenvalue weighted by atomic mass is 9.98. The van der Waals surface area contributed by atoms with E-state index in [9.17, 15) is 10.1 Å². The van der Waals surface area contributed by atoms with Crippen molar-refractivity contribution in [1.29, 1.82) is 5.26 Å². The summed E-state index contributed by atoms with van der Waals surface area (Å²) in [5, 5.41) is 21.4. The summed E-state index contributed by atoms with van der Waals surface area (Å²) >= 11 is 0. The molecule has 2 aromatic rings. The number of piperidine rings is 1. The van der Waals surface area contributed by atoms with Crippen LogP contribution in [0, 0.1) is 23.2 Å². The zero-order valence-electron chi connectivity index (χ0n) is 18.1. The van der Waals surface area contributed by atoms with Crippen molar-refractivity contribution in [3.8, 4) is 11.8 Å². The van der Waals surface area contributed by atoms with Gasteiger partial charge >= 0.3 is 0 Å². The second-order valence-electron chi connectivity index (χ2n) is 8.49. The molecule has 2 aromatic heterocycles. The van der Waals surface area contributed by atoms with Crippen LogP contribution >= 0.6 is 0 Å². The van der Waals surface area contributed by atoms with E-state index in [4.69, 9.17) is 4.74 Å². The van der Waals surface area contributed by atoms with E-state index in [0.717, 1.165) is 56.6 Å². The molecule has 1 unspecified atom stereocenters. The van der Waals surface area contributed by atoms with Crippen LogP contribution in [0.25, 0.3) is 11.1 Å². The quantitative estimate of drug-likeness (QED) is 0.738. The molecule has 3 aliphatic heterocycles. The van der Waals surface area contributed by atoms with E-state index in [1.165, 1.54) is 6.20 Å². The second kappa shape index (κ2) is 8.55. The zero-order chi connectivity index (χ0) is 22.1. The number of amides is 1. The molecule has 2 fully saturated rings. The van der Waals surface area contributed by atoms with Gasteiger partial charge in [0.25, 0.3) is 0 Å². The molecule has 1 amide bonds. The number of aromatic nitrogens is 2. The first-order valence-electron chi connectivity index (χ1n) is 11.0. The summed E-state index contributed by atoms with van der Waals surface area (Å²) in [5.41, 5.74) is 2.95. The van der Waals surface area contributed by atoms with E-state index in [0.29, 0.717) is 16.8 Å². The molecule has 9 heteroatoms. The molecular weight excluding hydrogens is 406 g/mol. The standard InChI is InChI=1S/C23H26N7O2/c1-32-21-7-18(15-30-22(21)19(8-24)10-27-30)20-11-26-29(14-20)13-16-4-6-28(12-16)23(31)17-3-2-5-25-9-17/h7,10-11,13-17,25H,2-6,9,12H2,1H3/q+1/b29-13-/t16?,17-/m0/s1. The van der Waals surface area contributed by atoms with Crippen LogP contribution in [0.5, 0.6) is 5.75 Å². The molecule has 0 spiro atoms. The number of nitrogens with zero attached hydrogens (tertiary/aromatic N) is 6. The average Bonchev–Trinajstić information content (AvgIpc) is 3.58. The third kappa shape index (κ3) is 3.78. The molecular formula is C23H26N7O2+. The van der Waals surface area contributed by atoms with E-state index in [2.05, 4.69) is 27.8 Å². The fourth-order valence-corrected chi connectivity index (χ4v) is 4.69. The smallest absolute Gasteiger partial charge is 0.226 e. The number of methoxy groups -OCH3 is 1. The minimum atomic E-state index is 0.118. The van der Waals surface area contributed by atoms with Crippen LogP contribution < -0.4 is 10.1 Å². The Morgan fingerprint density at radius 2 is 2.34 bits per heavy atom. The van der Waals surface area contributed by atoms with E-state index >= 15 is 0 Å². The number of rotatable bonds is 4. The van der Waals surface area contributed by atoms with Crippen molar-refractivity contribution in [1.82, 2.24) is 19.8 Å². The maximum absolute atomic E-state index is 12.8. The molecule has 0 aliphatic carbocycles. The summed E-state index contributed by atoms with van der Waals surface area (Å²) in [7, 11) is 1.58. The first kappa shape index (κ1) is 20.4. The molecule has 3 aliphatic rings. The highest BCUT2D eigenvalue weighted by Gasteiger charge is 2.32. The van der Waals surface area contributed by atoms with E-state index in [-0.39, 0.29) is 17.7 Å². The van der Waals surface area contributed by atoms with Crippen LogP contribution in [0.3, 0.4) is 0 Å². The van der Waals surface area contributed by atoms with Gasteiger partial charge in [0, 0.05) is 31.4 Å². The summed E-state index contributed by atoms with van der Waals surface area (Å²) in [5.74, 6) is 1.28. The first-order chi connectivity index (χ1) is 15.7. The maximum atomic E-state index is 12.8. The number of carbonyl (C=O) groups excluding carboxylic acids is 1. The molecule has 0 aromatic carbocycles. The topological polar surface area (TPSA) is 98.0 Å². The number of hydrogen-bond acceptors (Lipinski definition) is 6. The number of allylic oxidation sites excluding steroid dienone is 1. The third-order valence-electron chi connectivity index (χ3n) is 6.40. The molecule has 5 heterocycles. The van der Waals surface area contributed by atoms with Crippen LogP contribution in [-0.2, 0) is 4.79 Å². The number of likely N-dealkylation sites (tertiary alicyclic amines) is 1. The van der Waals surface area contributed by atoms with Crippen LogP contribution in [0.2, 0.25) is 0 Å². The molecule has 5 rings (SSSR count). The number of pyridine rings is 1. The normalized spacial score (nSPS) is 24.2. The Labute approximate surface area is 186 Å². The van der Waals surface area contributed by atoms with Crippen LogP contribution in [-0.4, -0.2) is 70.8 Å². The monoisotopic (exact) mass is 432 g/mol. The Balaban J connectivity index is 1.31. The Bertz CT molecular complexity index is 1180. The number of ether oxygens (including phenoxy) is 1. The first-order valence-corrected chi connectivity index (χ1v) is 11.0. The van der Waals surface area contributed by atoms with Crippen molar-refractivity contribution in [3.05, 3.63) is 35.8 Å². The highest BCUT2D eigenvalue weighted by Crippen LogP contribution is 2.28. The summed E-state index contributed by atoms with van der Waals surface area (Å²) < 4.78 is 8.99. The van der Waals surface area contributed by atoms with E-state index in [1.54, 1.807) is 17.8 Å². The number of hydrogen-bond donors (Lipinski definition) is 1. The van der Waals surface area contributed by atoms with E-state index in [1.807, 2.05) is 28.0 Å². The van der Waals surface area contributed by atoms with Crippen LogP contribution in [0.15, 0.2) is 29.8 Å². The summed E-state index contributed by atoms with van der Waals surface area (Å²) in [6, 6.07) is 4.04. The lowest BCUT2D eigenvalue weighted by molar-refractivity contribution is -0.454. The van der Waals surface area contributed by atoms with Crippen molar-refractivity contribution in [2.24, 2.45) is 16.9 Å². The van der Waals surface area contributed by atoms with Gasteiger partial charge in [-0.05, 0) is 37.0 Å². The van der Waals surface area contributed by atoms with Crippen molar-refractivity contribution in [2.75, 3.05) is 33.3 Å². The summed E-state index contributed by atoms with van der Waals surface area (Å²) in [4.78, 5) is 14.8. The van der Waals surface area contributed by atoms with Gasteiger partial charge in [0.1, 0.15) is 29.1 Å². The Morgan fingerprint density at radius 3 is 3.12 bits per heavy atom. The molecule has 2 saturated heterocycles. The van der Waals surface area contributed by atoms with Gasteiger partial charge in [-0.1, -0.05) is 4.68 Å². The van der Waals surface area contributed by atoms with Gasteiger partial charge in [-0.15, -0.1) is 0 Å². The predicted octanol–water partition coefficient (Wildman–Crippen LogP) is 1.49. The van der Waals surface area contributed by atoms with Gasteiger partial charge in [0.15, 0.2) is 6.21 Å². The fourth-order valence-electron chi connectivity index (χ4n) is 4.69. The molecule has 2 atom stereocenters. The Hall–Kier alpha value is -3.51. The van der Waals surface area contributed by atoms with Crippen molar-refractivity contribution < 1.29 is 14.2 Å². The average molecular weight is 433 g/mol. The number of fused-ring (bicyclic) bond motifs is 1. The largest absolute Gasteiger partial charge is 0.494 e. The van der Waals surface area contributed by atoms with Crippen LogP contribution in [0.4, 0.5) is 0 Å². The fraction of sp³-hybridized carbons (Fsp3) is 0.435. The lowest BCUT2D eigenvalue weighted by Gasteiger charge is -2.26. The van der Waals surface area contributed by atoms with Crippen molar-refractivity contribution >= 4 is 29.4 Å². The van der Waals surface area contributed by atoms with Crippen molar-refractivity contribution in [3.63, 3.8) is 0 Å². The minimum absolute atomic E-state index is 0.118. The molecule has 32 heavy (non-hydrogen) atoms. The summed E-state index contributed by atoms with van der Waals surface area (Å²) in [6.07, 6.45) is 12.3. The third-order valence-corrected chi connectivity index (χ3v) is 6.40. The number of hydrazone groups is 1. The number of nitrogens with one attached hydrogen (secondary N) is 1. The highest BCUT2D eigenvalue weighted by molar-refractivity contribution is 6.10. The lowest BCUT2D eigenvalue weighted by Crippen LogP contribution is -2.42. The summed E-state index contributed by atoms with van der Waals surface area (Å²) in [6.45, 7) is 3.36. The Kier molecular flexibility index (Phi) is 5.45. The van der Waals surface area contributed by atoms with E-state index < -0.39 is 0 Å². The van der Waals surface area contributed by atoms with Gasteiger partial charge in [-0.2, -0.15) is 10.4 Å². The van der Waals surface area contributed by atoms with Gasteiger partial charge in [0.05, 0.1) is 30.7 Å². The van der Waals surface area contributed by atoms with Crippen molar-refractivity contribution in [2.45, 2.75) is 19.3 Å². The Morgan fingerprint density at radius 1 is 1.44 bits per heavy atom. The molecule has 9 nitrogen and oxygen atoms in total. The molecule has 164 valence electrons. The van der Waals surface area contributed by atoms with Crippen LogP contribution in [0.1, 0.15) is 30.4 Å². The molecule has 1 N–H and O–H groups in total. The second-order valence-corrected chi connectivity index (χ2v) is 8.49. The SMILES string of the molecule is COc1cc(C2=C/[N+](=C/C3CCN(C(=O)[C@H]4CCCNC4)C3)N=C2)cn2ncc(C#N)c12. The molecule has 0 saturated carbocycles. The highest BCUT2D eigenvalue weighted by atomic mass is 16.5. The predicted molar refractivity (Wildman–Crippen MR) is 120 cm³/mol. The number of nitriles is 1. The maximum Gasteiger partial charge on any atom is 0.226 e. The zero-order valence-corrected chi connectivity index (χ0v) is 18.1. The molecule has 0 bridgehead atoms. The number of carbonyl (C=O) groups is 1. The minimum Gasteiger partial charge on any atom is -0.494 e. The molecule has 0 radical (unpaired) electrons. The van der Waals surface area contributed by atoms with Gasteiger partial charge < -0.3 is 15.0 Å². The van der Waals surface area contributed by atoms with Gasteiger partial charge in [-0.3, -0.25) is 4.79 Å².